The van der Waals surface area contributed by atoms with Gasteiger partial charge in [0.1, 0.15) is 11.4 Å². The third-order valence-corrected chi connectivity index (χ3v) is 6.41. The van der Waals surface area contributed by atoms with Crippen LogP contribution < -0.4 is 25.8 Å². The van der Waals surface area contributed by atoms with E-state index >= 15 is 0 Å². The highest BCUT2D eigenvalue weighted by Crippen LogP contribution is 2.41. The summed E-state index contributed by atoms with van der Waals surface area (Å²) in [6, 6.07) is 22.8. The smallest absolute Gasteiger partial charge is 0.337 e. The van der Waals surface area contributed by atoms with Crippen molar-refractivity contribution in [1.82, 2.24) is 10.9 Å². The number of esters is 1. The van der Waals surface area contributed by atoms with Crippen molar-refractivity contribution in [2.75, 3.05) is 23.9 Å². The fourth-order valence-electron chi connectivity index (χ4n) is 4.41. The van der Waals surface area contributed by atoms with E-state index in [0.717, 1.165) is 4.90 Å². The molecule has 0 fully saturated rings. The first kappa shape index (κ1) is 28.6. The van der Waals surface area contributed by atoms with Crippen molar-refractivity contribution in [2.45, 2.75) is 19.4 Å². The van der Waals surface area contributed by atoms with E-state index in [9.17, 15) is 24.0 Å². The lowest BCUT2D eigenvalue weighted by atomic mass is 9.88. The maximum atomic E-state index is 13.9. The molecular formula is C30H28N4O7. The van der Waals surface area contributed by atoms with Crippen LogP contribution >= 0.6 is 0 Å². The van der Waals surface area contributed by atoms with Crippen LogP contribution in [0.1, 0.15) is 24.2 Å². The van der Waals surface area contributed by atoms with Crippen LogP contribution in [0.2, 0.25) is 0 Å². The number of ether oxygens (including phenoxy) is 2. The van der Waals surface area contributed by atoms with Crippen molar-refractivity contribution in [3.8, 4) is 5.75 Å². The van der Waals surface area contributed by atoms with Gasteiger partial charge >= 0.3 is 11.9 Å². The zero-order valence-corrected chi connectivity index (χ0v) is 22.6. The number of hydrogen-bond acceptors (Lipinski definition) is 8. The Bertz CT molecular complexity index is 1500. The van der Waals surface area contributed by atoms with Crippen LogP contribution in [0.4, 0.5) is 11.4 Å². The molecule has 0 saturated heterocycles. The summed E-state index contributed by atoms with van der Waals surface area (Å²) in [6.07, 6.45) is 0. The topological polar surface area (TPSA) is 143 Å². The maximum absolute atomic E-state index is 13.9. The lowest BCUT2D eigenvalue weighted by Gasteiger charge is -2.34. The number of nitrogens with zero attached hydrogens (tertiary/aromatic N) is 1. The van der Waals surface area contributed by atoms with Gasteiger partial charge in [0.15, 0.2) is 5.54 Å². The molecule has 3 aromatic rings. The summed E-state index contributed by atoms with van der Waals surface area (Å²) in [5, 5.41) is 2.91. The SMILES string of the molecule is CCOC(=O)[C@@]1(C)C(C(=O)C(=O)NNC(=O)c2ccc(OC)cc2)=C(Nc2ccccc2)C(=O)N1c1ccccc1. The minimum absolute atomic E-state index is 0.0434. The quantitative estimate of drug-likeness (QED) is 0.207. The molecule has 0 aromatic heterocycles. The van der Waals surface area contributed by atoms with Gasteiger partial charge in [-0.05, 0) is 62.4 Å². The van der Waals surface area contributed by atoms with E-state index in [2.05, 4.69) is 16.2 Å². The molecule has 11 heteroatoms. The van der Waals surface area contributed by atoms with Crippen molar-refractivity contribution >= 4 is 40.8 Å². The van der Waals surface area contributed by atoms with E-state index < -0.39 is 40.6 Å². The number of methoxy groups -OCH3 is 1. The molecule has 210 valence electrons. The summed E-state index contributed by atoms with van der Waals surface area (Å²) in [7, 11) is 1.48. The summed E-state index contributed by atoms with van der Waals surface area (Å²) < 4.78 is 10.4. The van der Waals surface area contributed by atoms with Gasteiger partial charge in [0.2, 0.25) is 0 Å². The third-order valence-electron chi connectivity index (χ3n) is 6.41. The molecule has 1 aliphatic heterocycles. The van der Waals surface area contributed by atoms with Gasteiger partial charge in [-0.1, -0.05) is 36.4 Å². The molecule has 0 saturated carbocycles. The highest BCUT2D eigenvalue weighted by molar-refractivity contribution is 6.47. The first-order chi connectivity index (χ1) is 19.7. The average Bonchev–Trinajstić information content (AvgIpc) is 3.22. The van der Waals surface area contributed by atoms with Gasteiger partial charge in [-0.2, -0.15) is 0 Å². The van der Waals surface area contributed by atoms with Crippen LogP contribution in [-0.2, 0) is 23.9 Å². The number of hydrazine groups is 1. The monoisotopic (exact) mass is 556 g/mol. The Balaban J connectivity index is 1.73. The largest absolute Gasteiger partial charge is 0.497 e. The van der Waals surface area contributed by atoms with Gasteiger partial charge in [0.05, 0.1) is 19.3 Å². The first-order valence-corrected chi connectivity index (χ1v) is 12.6. The van der Waals surface area contributed by atoms with Crippen LogP contribution in [0.3, 0.4) is 0 Å². The van der Waals surface area contributed by atoms with Gasteiger partial charge in [-0.25, -0.2) is 4.79 Å². The molecule has 41 heavy (non-hydrogen) atoms. The van der Waals surface area contributed by atoms with Crippen molar-refractivity contribution in [3.63, 3.8) is 0 Å². The van der Waals surface area contributed by atoms with Gasteiger partial charge in [0, 0.05) is 16.9 Å². The number of rotatable bonds is 9. The molecule has 4 rings (SSSR count). The summed E-state index contributed by atoms with van der Waals surface area (Å²) >= 11 is 0. The zero-order valence-electron chi connectivity index (χ0n) is 22.6. The van der Waals surface area contributed by atoms with Crippen LogP contribution in [-0.4, -0.2) is 48.7 Å². The molecule has 3 amide bonds. The van der Waals surface area contributed by atoms with E-state index in [0.29, 0.717) is 17.1 Å². The van der Waals surface area contributed by atoms with Crippen LogP contribution in [0.5, 0.6) is 5.75 Å². The number of hydrogen-bond donors (Lipinski definition) is 3. The van der Waals surface area contributed by atoms with Crippen molar-refractivity contribution in [2.24, 2.45) is 0 Å². The molecule has 1 heterocycles. The Morgan fingerprint density at radius 2 is 1.46 bits per heavy atom. The van der Waals surface area contributed by atoms with Gasteiger partial charge < -0.3 is 14.8 Å². The fraction of sp³-hybridized carbons (Fsp3) is 0.167. The number of benzene rings is 3. The zero-order chi connectivity index (χ0) is 29.6. The van der Waals surface area contributed by atoms with E-state index in [1.807, 2.05) is 0 Å². The Labute approximate surface area is 236 Å². The Morgan fingerprint density at radius 1 is 0.854 bits per heavy atom. The molecule has 0 aliphatic carbocycles. The molecule has 0 unspecified atom stereocenters. The number of amides is 3. The Hall–Kier alpha value is -5.45. The van der Waals surface area contributed by atoms with Crippen molar-refractivity contribution < 1.29 is 33.4 Å². The van der Waals surface area contributed by atoms with E-state index in [1.165, 1.54) is 26.2 Å². The average molecular weight is 557 g/mol. The molecule has 3 aromatic carbocycles. The predicted octanol–water partition coefficient (Wildman–Crippen LogP) is 2.76. The number of ketones is 1. The number of anilines is 2. The second-order valence-corrected chi connectivity index (χ2v) is 8.98. The molecule has 11 nitrogen and oxygen atoms in total. The second-order valence-electron chi connectivity index (χ2n) is 8.98. The minimum Gasteiger partial charge on any atom is -0.497 e. The molecular weight excluding hydrogens is 528 g/mol. The minimum atomic E-state index is -2.03. The normalized spacial score (nSPS) is 16.2. The highest BCUT2D eigenvalue weighted by atomic mass is 16.5. The summed E-state index contributed by atoms with van der Waals surface area (Å²) in [6.45, 7) is 2.88. The van der Waals surface area contributed by atoms with E-state index in [1.54, 1.807) is 79.7 Å². The Kier molecular flexibility index (Phi) is 8.47. The van der Waals surface area contributed by atoms with Crippen LogP contribution in [0.25, 0.3) is 0 Å². The van der Waals surface area contributed by atoms with E-state index in [4.69, 9.17) is 9.47 Å². The fourth-order valence-corrected chi connectivity index (χ4v) is 4.41. The first-order valence-electron chi connectivity index (χ1n) is 12.6. The summed E-state index contributed by atoms with van der Waals surface area (Å²) in [5.74, 6) is -4.31. The van der Waals surface area contributed by atoms with Gasteiger partial charge in [0.25, 0.3) is 17.6 Å². The molecule has 1 atom stereocenters. The molecule has 1 aliphatic rings. The third kappa shape index (κ3) is 5.64. The molecule has 0 spiro atoms. The number of carbonyl (C=O) groups excluding carboxylic acids is 5. The lowest BCUT2D eigenvalue weighted by molar-refractivity contribution is -0.149. The predicted molar refractivity (Wildman–Crippen MR) is 150 cm³/mol. The van der Waals surface area contributed by atoms with Gasteiger partial charge in [-0.3, -0.25) is 34.9 Å². The number of Topliss-reactive ketones (excluding diaryl/α,β-unsaturated/α-hetero) is 1. The van der Waals surface area contributed by atoms with Crippen molar-refractivity contribution in [3.05, 3.63) is 102 Å². The number of carbonyl (C=O) groups is 5. The second kappa shape index (κ2) is 12.2. The lowest BCUT2D eigenvalue weighted by Crippen LogP contribution is -2.56. The van der Waals surface area contributed by atoms with Crippen LogP contribution in [0.15, 0.2) is 96.2 Å². The van der Waals surface area contributed by atoms with Gasteiger partial charge in [-0.15, -0.1) is 0 Å². The number of para-hydroxylation sites is 2. The molecule has 0 radical (unpaired) electrons. The highest BCUT2D eigenvalue weighted by Gasteiger charge is 2.58. The van der Waals surface area contributed by atoms with Crippen molar-refractivity contribution in [1.29, 1.82) is 0 Å². The summed E-state index contributed by atoms with van der Waals surface area (Å²) in [4.78, 5) is 68.0. The van der Waals surface area contributed by atoms with E-state index in [-0.39, 0.29) is 17.9 Å². The number of nitrogens with one attached hydrogen (secondary N) is 3. The summed E-state index contributed by atoms with van der Waals surface area (Å²) in [5.41, 5.74) is 2.45. The molecule has 0 bridgehead atoms. The van der Waals surface area contributed by atoms with Crippen LogP contribution in [0, 0.1) is 0 Å². The Morgan fingerprint density at radius 3 is 2.05 bits per heavy atom. The molecule has 3 N–H and O–H groups in total. The standard InChI is InChI=1S/C30H28N4O7/c1-4-41-29(39)30(2)23(25(35)27(37)33-32-26(36)19-15-17-22(40-3)18-16-19)24(31-20-11-7-5-8-12-20)28(38)34(30)21-13-9-6-10-14-21/h5-18,31H,4H2,1-3H3,(H,32,36)(H,33,37)/t30-/m1/s1. The maximum Gasteiger partial charge on any atom is 0.337 e.